The number of ether oxygens (including phenoxy) is 1. The molecule has 6 nitrogen and oxygen atoms in total. The molecule has 0 unspecified atom stereocenters. The van der Waals surface area contributed by atoms with Gasteiger partial charge in [0, 0.05) is 55.9 Å². The largest absolute Gasteiger partial charge is 0.497 e. The number of nitrogens with zero attached hydrogens (tertiary/aromatic N) is 2. The van der Waals surface area contributed by atoms with Gasteiger partial charge in [0.15, 0.2) is 5.11 Å². The van der Waals surface area contributed by atoms with Crippen molar-refractivity contribution in [1.82, 2.24) is 9.80 Å². The molecular weight excluding hydrogens is 398 g/mol. The second kappa shape index (κ2) is 8.85. The first-order valence-corrected chi connectivity index (χ1v) is 10.4. The van der Waals surface area contributed by atoms with Gasteiger partial charge in [0.1, 0.15) is 11.3 Å². The maximum absolute atomic E-state index is 11.6. The average Bonchev–Trinajstić information content (AvgIpc) is 2.74. The molecule has 1 aromatic heterocycles. The van der Waals surface area contributed by atoms with E-state index >= 15 is 0 Å². The quantitative estimate of drug-likeness (QED) is 0.508. The highest BCUT2D eigenvalue weighted by Crippen LogP contribution is 2.21. The maximum atomic E-state index is 11.6. The Balaban J connectivity index is 1.35. The lowest BCUT2D eigenvalue weighted by atomic mass is 10.1. The second-order valence-electron chi connectivity index (χ2n) is 7.50. The Morgan fingerprint density at radius 3 is 2.70 bits per heavy atom. The van der Waals surface area contributed by atoms with Crippen LogP contribution in [0.3, 0.4) is 0 Å². The van der Waals surface area contributed by atoms with Gasteiger partial charge in [-0.3, -0.25) is 4.90 Å². The molecule has 1 fully saturated rings. The van der Waals surface area contributed by atoms with Crippen LogP contribution in [0, 0.1) is 6.92 Å². The molecule has 0 radical (unpaired) electrons. The van der Waals surface area contributed by atoms with Crippen molar-refractivity contribution in [1.29, 1.82) is 0 Å². The number of piperazine rings is 1. The van der Waals surface area contributed by atoms with Gasteiger partial charge in [0.05, 0.1) is 7.11 Å². The molecule has 4 rings (SSSR count). The smallest absolute Gasteiger partial charge is 0.336 e. The zero-order chi connectivity index (χ0) is 21.1. The Hall–Kier alpha value is -2.90. The summed E-state index contributed by atoms with van der Waals surface area (Å²) in [6.07, 6.45) is 0. The van der Waals surface area contributed by atoms with Crippen molar-refractivity contribution in [2.75, 3.05) is 38.6 Å². The van der Waals surface area contributed by atoms with E-state index in [4.69, 9.17) is 21.4 Å². The summed E-state index contributed by atoms with van der Waals surface area (Å²) in [6, 6.07) is 15.4. The zero-order valence-electron chi connectivity index (χ0n) is 17.2. The molecule has 3 aromatic rings. The maximum Gasteiger partial charge on any atom is 0.336 e. The normalized spacial score (nSPS) is 14.7. The summed E-state index contributed by atoms with van der Waals surface area (Å²) < 4.78 is 10.6. The SMILES string of the molecule is COc1cccc(CN2CCN(C(=S)Nc3ccc4c(C)cc(=O)oc4c3)CC2)c1. The molecule has 0 saturated carbocycles. The van der Waals surface area contributed by atoms with E-state index in [0.717, 1.165) is 55.1 Å². The third-order valence-corrected chi connectivity index (χ3v) is 5.76. The van der Waals surface area contributed by atoms with Gasteiger partial charge in [-0.15, -0.1) is 0 Å². The number of hydrogen-bond acceptors (Lipinski definition) is 5. The van der Waals surface area contributed by atoms with Gasteiger partial charge in [-0.2, -0.15) is 0 Å². The van der Waals surface area contributed by atoms with Crippen LogP contribution >= 0.6 is 12.2 Å². The van der Waals surface area contributed by atoms with E-state index in [1.54, 1.807) is 7.11 Å². The van der Waals surface area contributed by atoms with Crippen LogP contribution in [0.1, 0.15) is 11.1 Å². The minimum absolute atomic E-state index is 0.341. The molecule has 2 heterocycles. The number of aryl methyl sites for hydroxylation is 1. The number of hydrogen-bond donors (Lipinski definition) is 1. The predicted octanol–water partition coefficient (Wildman–Crippen LogP) is 3.62. The molecule has 0 atom stereocenters. The van der Waals surface area contributed by atoms with Gasteiger partial charge < -0.3 is 19.4 Å². The van der Waals surface area contributed by atoms with Crippen LogP contribution in [0.25, 0.3) is 11.0 Å². The molecule has 156 valence electrons. The van der Waals surface area contributed by atoms with Crippen molar-refractivity contribution < 1.29 is 9.15 Å². The number of fused-ring (bicyclic) bond motifs is 1. The first-order valence-electron chi connectivity index (χ1n) is 9.97. The molecule has 1 N–H and O–H groups in total. The molecule has 1 saturated heterocycles. The Morgan fingerprint density at radius 2 is 1.93 bits per heavy atom. The predicted molar refractivity (Wildman–Crippen MR) is 123 cm³/mol. The van der Waals surface area contributed by atoms with Gasteiger partial charge >= 0.3 is 5.63 Å². The third kappa shape index (κ3) is 4.63. The number of thiocarbonyl (C=S) groups is 1. The summed E-state index contributed by atoms with van der Waals surface area (Å²) in [7, 11) is 1.69. The van der Waals surface area contributed by atoms with Crippen LogP contribution in [0.2, 0.25) is 0 Å². The summed E-state index contributed by atoms with van der Waals surface area (Å²) in [5.41, 5.74) is 3.20. The molecule has 0 spiro atoms. The molecule has 0 aliphatic carbocycles. The van der Waals surface area contributed by atoms with E-state index in [0.29, 0.717) is 10.7 Å². The lowest BCUT2D eigenvalue weighted by Crippen LogP contribution is -2.49. The van der Waals surface area contributed by atoms with E-state index in [2.05, 4.69) is 27.2 Å². The van der Waals surface area contributed by atoms with Crippen LogP contribution in [-0.2, 0) is 6.54 Å². The molecule has 0 amide bonds. The monoisotopic (exact) mass is 423 g/mol. The second-order valence-corrected chi connectivity index (χ2v) is 7.89. The van der Waals surface area contributed by atoms with Crippen molar-refractivity contribution in [3.63, 3.8) is 0 Å². The number of anilines is 1. The van der Waals surface area contributed by atoms with Crippen LogP contribution in [0.5, 0.6) is 5.75 Å². The Labute approximate surface area is 181 Å². The van der Waals surface area contributed by atoms with E-state index in [1.807, 2.05) is 37.3 Å². The first-order chi connectivity index (χ1) is 14.5. The summed E-state index contributed by atoms with van der Waals surface area (Å²) in [6.45, 7) is 6.39. The number of rotatable bonds is 4. The minimum atomic E-state index is -0.341. The lowest BCUT2D eigenvalue weighted by Gasteiger charge is -2.36. The summed E-state index contributed by atoms with van der Waals surface area (Å²) >= 11 is 5.62. The third-order valence-electron chi connectivity index (χ3n) is 5.40. The van der Waals surface area contributed by atoms with Gasteiger partial charge in [0.25, 0.3) is 0 Å². The van der Waals surface area contributed by atoms with E-state index < -0.39 is 0 Å². The highest BCUT2D eigenvalue weighted by atomic mass is 32.1. The summed E-state index contributed by atoms with van der Waals surface area (Å²) in [4.78, 5) is 16.2. The van der Waals surface area contributed by atoms with Crippen LogP contribution in [-0.4, -0.2) is 48.2 Å². The van der Waals surface area contributed by atoms with E-state index in [9.17, 15) is 4.79 Å². The molecule has 1 aliphatic rings. The topological polar surface area (TPSA) is 58.0 Å². The minimum Gasteiger partial charge on any atom is -0.497 e. The lowest BCUT2D eigenvalue weighted by molar-refractivity contribution is 0.177. The molecule has 7 heteroatoms. The average molecular weight is 424 g/mol. The molecule has 1 aliphatic heterocycles. The fourth-order valence-corrected chi connectivity index (χ4v) is 4.04. The van der Waals surface area contributed by atoms with Crippen LogP contribution < -0.4 is 15.7 Å². The first kappa shape index (κ1) is 20.4. The fourth-order valence-electron chi connectivity index (χ4n) is 3.74. The van der Waals surface area contributed by atoms with Gasteiger partial charge in [-0.25, -0.2) is 4.79 Å². The molecular formula is C23H25N3O3S. The van der Waals surface area contributed by atoms with E-state index in [1.165, 1.54) is 11.6 Å². The van der Waals surface area contributed by atoms with Crippen molar-refractivity contribution >= 4 is 34.0 Å². The van der Waals surface area contributed by atoms with Gasteiger partial charge in [-0.05, 0) is 54.5 Å². The number of methoxy groups -OCH3 is 1. The van der Waals surface area contributed by atoms with Crippen molar-refractivity contribution in [2.45, 2.75) is 13.5 Å². The van der Waals surface area contributed by atoms with Crippen molar-refractivity contribution in [2.24, 2.45) is 0 Å². The summed E-state index contributed by atoms with van der Waals surface area (Å²) in [5, 5.41) is 4.90. The molecule has 0 bridgehead atoms. The van der Waals surface area contributed by atoms with E-state index in [-0.39, 0.29) is 5.63 Å². The van der Waals surface area contributed by atoms with Crippen molar-refractivity contribution in [3.8, 4) is 5.75 Å². The van der Waals surface area contributed by atoms with Gasteiger partial charge in [0.2, 0.25) is 0 Å². The van der Waals surface area contributed by atoms with Crippen LogP contribution in [0.15, 0.2) is 57.7 Å². The number of nitrogens with one attached hydrogen (secondary N) is 1. The Morgan fingerprint density at radius 1 is 1.13 bits per heavy atom. The molecule has 30 heavy (non-hydrogen) atoms. The molecule has 2 aromatic carbocycles. The Kier molecular flexibility index (Phi) is 6.01. The van der Waals surface area contributed by atoms with Crippen LogP contribution in [0.4, 0.5) is 5.69 Å². The van der Waals surface area contributed by atoms with Crippen molar-refractivity contribution in [3.05, 3.63) is 70.1 Å². The number of benzene rings is 2. The zero-order valence-corrected chi connectivity index (χ0v) is 18.0. The summed E-state index contributed by atoms with van der Waals surface area (Å²) in [5.74, 6) is 0.887. The van der Waals surface area contributed by atoms with Gasteiger partial charge in [-0.1, -0.05) is 12.1 Å². The fraction of sp³-hybridized carbons (Fsp3) is 0.304. The standard InChI is InChI=1S/C23H25N3O3S/c1-16-12-22(27)29-21-14-18(6-7-20(16)21)24-23(30)26-10-8-25(9-11-26)15-17-4-3-5-19(13-17)28-2/h3-7,12-14H,8-11,15H2,1-2H3,(H,24,30). The Bertz CT molecular complexity index is 1120. The highest BCUT2D eigenvalue weighted by Gasteiger charge is 2.19. The highest BCUT2D eigenvalue weighted by molar-refractivity contribution is 7.80.